The van der Waals surface area contributed by atoms with Gasteiger partial charge in [-0.15, -0.1) is 23.5 Å². The summed E-state index contributed by atoms with van der Waals surface area (Å²) in [5, 5.41) is 1.28. The highest BCUT2D eigenvalue weighted by Gasteiger charge is 2.08. The Labute approximate surface area is 105 Å². The Hall–Kier alpha value is -0.670. The van der Waals surface area contributed by atoms with Crippen molar-refractivity contribution in [2.45, 2.75) is 23.6 Å². The molecule has 0 saturated heterocycles. The highest BCUT2D eigenvalue weighted by Crippen LogP contribution is 2.35. The van der Waals surface area contributed by atoms with Gasteiger partial charge in [0.15, 0.2) is 0 Å². The second-order valence-electron chi connectivity index (χ2n) is 3.33. The molecule has 0 amide bonds. The normalized spacial score (nSPS) is 10.9. The Morgan fingerprint density at radius 2 is 1.81 bits per heavy atom. The number of hydrogen-bond donors (Lipinski definition) is 0. The first-order chi connectivity index (χ1) is 7.86. The molecule has 1 nitrogen and oxygen atoms in total. The van der Waals surface area contributed by atoms with E-state index in [1.807, 2.05) is 35.8 Å². The Morgan fingerprint density at radius 3 is 2.56 bits per heavy atom. The van der Waals surface area contributed by atoms with E-state index in [0.29, 0.717) is 0 Å². The predicted molar refractivity (Wildman–Crippen MR) is 74.5 cm³/mol. The Kier molecular flexibility index (Phi) is 4.13. The highest BCUT2D eigenvalue weighted by atomic mass is 32.2. The summed E-state index contributed by atoms with van der Waals surface area (Å²) >= 11 is 3.78. The monoisotopic (exact) mass is 249 g/mol. The summed E-state index contributed by atoms with van der Waals surface area (Å²) < 4.78 is 0. The molecule has 1 aromatic heterocycles. The van der Waals surface area contributed by atoms with Gasteiger partial charge < -0.3 is 0 Å². The molecule has 16 heavy (non-hydrogen) atoms. The molecule has 84 valence electrons. The third-order valence-corrected chi connectivity index (χ3v) is 4.34. The zero-order valence-electron chi connectivity index (χ0n) is 9.56. The van der Waals surface area contributed by atoms with Crippen LogP contribution in [0.25, 0.3) is 10.9 Å². The fourth-order valence-electron chi connectivity index (χ4n) is 1.65. The van der Waals surface area contributed by atoms with E-state index in [2.05, 4.69) is 37.0 Å². The molecule has 3 heteroatoms. The summed E-state index contributed by atoms with van der Waals surface area (Å²) in [6, 6.07) is 8.38. The molecule has 0 fully saturated rings. The third-order valence-electron chi connectivity index (χ3n) is 2.28. The van der Waals surface area contributed by atoms with Crippen molar-refractivity contribution in [3.05, 3.63) is 30.5 Å². The second kappa shape index (κ2) is 5.60. The fourth-order valence-corrected chi connectivity index (χ4v) is 3.49. The van der Waals surface area contributed by atoms with Gasteiger partial charge >= 0.3 is 0 Å². The molecule has 0 N–H and O–H groups in total. The molecule has 0 unspecified atom stereocenters. The molecule has 0 bridgehead atoms. The molecular weight excluding hydrogens is 234 g/mol. The summed E-state index contributed by atoms with van der Waals surface area (Å²) in [7, 11) is 0. The number of benzene rings is 1. The maximum atomic E-state index is 4.51. The maximum Gasteiger partial charge on any atom is 0.0714 e. The molecule has 0 aliphatic rings. The first-order valence-electron chi connectivity index (χ1n) is 5.50. The Morgan fingerprint density at radius 1 is 1.06 bits per heavy atom. The summed E-state index contributed by atoms with van der Waals surface area (Å²) in [5.41, 5.74) is 1.10. The van der Waals surface area contributed by atoms with Crippen LogP contribution in [-0.2, 0) is 0 Å². The van der Waals surface area contributed by atoms with Crippen LogP contribution in [0.2, 0.25) is 0 Å². The van der Waals surface area contributed by atoms with Crippen molar-refractivity contribution in [3.63, 3.8) is 0 Å². The second-order valence-corrected chi connectivity index (χ2v) is 5.91. The summed E-state index contributed by atoms with van der Waals surface area (Å²) in [5.74, 6) is 2.20. The number of nitrogens with zero attached hydrogens (tertiary/aromatic N) is 1. The van der Waals surface area contributed by atoms with E-state index in [-0.39, 0.29) is 0 Å². The molecule has 1 aromatic carbocycles. The minimum Gasteiger partial charge on any atom is -0.255 e. The van der Waals surface area contributed by atoms with Crippen molar-refractivity contribution in [1.29, 1.82) is 0 Å². The van der Waals surface area contributed by atoms with Crippen molar-refractivity contribution in [3.8, 4) is 0 Å². The van der Waals surface area contributed by atoms with Gasteiger partial charge in [-0.3, -0.25) is 4.98 Å². The average Bonchev–Trinajstić information content (AvgIpc) is 2.32. The number of rotatable bonds is 4. The van der Waals surface area contributed by atoms with Crippen LogP contribution in [0.5, 0.6) is 0 Å². The molecule has 1 heterocycles. The SMILES string of the molecule is CCSc1cnc2ccccc2c1SCC. The van der Waals surface area contributed by atoms with Gasteiger partial charge in [0, 0.05) is 21.4 Å². The van der Waals surface area contributed by atoms with Gasteiger partial charge in [-0.1, -0.05) is 32.0 Å². The van der Waals surface area contributed by atoms with Crippen molar-refractivity contribution in [2.75, 3.05) is 11.5 Å². The van der Waals surface area contributed by atoms with Crippen LogP contribution in [0.15, 0.2) is 40.3 Å². The Balaban J connectivity index is 2.58. The Bertz CT molecular complexity index is 482. The van der Waals surface area contributed by atoms with E-state index in [9.17, 15) is 0 Å². The van der Waals surface area contributed by atoms with Crippen molar-refractivity contribution < 1.29 is 0 Å². The quantitative estimate of drug-likeness (QED) is 0.743. The van der Waals surface area contributed by atoms with E-state index >= 15 is 0 Å². The van der Waals surface area contributed by atoms with Crippen LogP contribution in [0.3, 0.4) is 0 Å². The minimum absolute atomic E-state index is 1.09. The lowest BCUT2D eigenvalue weighted by atomic mass is 10.2. The lowest BCUT2D eigenvalue weighted by molar-refractivity contribution is 1.19. The van der Waals surface area contributed by atoms with Crippen LogP contribution >= 0.6 is 23.5 Å². The standard InChI is InChI=1S/C13H15NS2/c1-3-15-12-9-14-11-8-6-5-7-10(11)13(12)16-4-2/h5-9H,3-4H2,1-2H3. The number of aromatic nitrogens is 1. The largest absolute Gasteiger partial charge is 0.255 e. The minimum atomic E-state index is 1.09. The van der Waals surface area contributed by atoms with Gasteiger partial charge in [0.1, 0.15) is 0 Å². The highest BCUT2D eigenvalue weighted by molar-refractivity contribution is 8.02. The van der Waals surface area contributed by atoms with E-state index in [0.717, 1.165) is 17.0 Å². The number of thioether (sulfide) groups is 2. The summed E-state index contributed by atoms with van der Waals surface area (Å²) in [4.78, 5) is 7.21. The molecule has 0 radical (unpaired) electrons. The van der Waals surface area contributed by atoms with Crippen molar-refractivity contribution >= 4 is 34.4 Å². The molecule has 0 aliphatic heterocycles. The summed E-state index contributed by atoms with van der Waals surface area (Å²) in [6.45, 7) is 4.38. The number of fused-ring (bicyclic) bond motifs is 1. The zero-order valence-corrected chi connectivity index (χ0v) is 11.2. The molecule has 0 aliphatic carbocycles. The van der Waals surface area contributed by atoms with Gasteiger partial charge in [0.2, 0.25) is 0 Å². The average molecular weight is 249 g/mol. The van der Waals surface area contributed by atoms with E-state index in [1.54, 1.807) is 0 Å². The van der Waals surface area contributed by atoms with Crippen LogP contribution < -0.4 is 0 Å². The van der Waals surface area contributed by atoms with Crippen molar-refractivity contribution in [1.82, 2.24) is 4.98 Å². The smallest absolute Gasteiger partial charge is 0.0714 e. The van der Waals surface area contributed by atoms with Gasteiger partial charge in [0.05, 0.1) is 5.52 Å². The van der Waals surface area contributed by atoms with Gasteiger partial charge in [-0.25, -0.2) is 0 Å². The van der Waals surface area contributed by atoms with Crippen LogP contribution in [-0.4, -0.2) is 16.5 Å². The number of hydrogen-bond acceptors (Lipinski definition) is 3. The molecule has 2 rings (SSSR count). The van der Waals surface area contributed by atoms with E-state index in [1.165, 1.54) is 15.2 Å². The lowest BCUT2D eigenvalue weighted by Crippen LogP contribution is -1.87. The maximum absolute atomic E-state index is 4.51. The van der Waals surface area contributed by atoms with Crippen LogP contribution in [0, 0.1) is 0 Å². The van der Waals surface area contributed by atoms with E-state index in [4.69, 9.17) is 0 Å². The molecule has 0 atom stereocenters. The first kappa shape index (κ1) is 11.8. The summed E-state index contributed by atoms with van der Waals surface area (Å²) in [6.07, 6.45) is 2.01. The predicted octanol–water partition coefficient (Wildman–Crippen LogP) is 4.46. The van der Waals surface area contributed by atoms with Crippen LogP contribution in [0.4, 0.5) is 0 Å². The van der Waals surface area contributed by atoms with Gasteiger partial charge in [-0.05, 0) is 17.6 Å². The number of pyridine rings is 1. The van der Waals surface area contributed by atoms with Crippen LogP contribution in [0.1, 0.15) is 13.8 Å². The lowest BCUT2D eigenvalue weighted by Gasteiger charge is -2.09. The van der Waals surface area contributed by atoms with E-state index < -0.39 is 0 Å². The molecular formula is C13H15NS2. The fraction of sp³-hybridized carbons (Fsp3) is 0.308. The van der Waals surface area contributed by atoms with Gasteiger partial charge in [0.25, 0.3) is 0 Å². The van der Waals surface area contributed by atoms with Gasteiger partial charge in [-0.2, -0.15) is 0 Å². The first-order valence-corrected chi connectivity index (χ1v) is 7.47. The topological polar surface area (TPSA) is 12.9 Å². The molecule has 0 saturated carbocycles. The molecule has 2 aromatic rings. The molecule has 0 spiro atoms. The van der Waals surface area contributed by atoms with Crippen molar-refractivity contribution in [2.24, 2.45) is 0 Å². The zero-order chi connectivity index (χ0) is 11.4. The third kappa shape index (κ3) is 2.36. The number of para-hydroxylation sites is 1.